The molecule has 2 aliphatic heterocycles. The van der Waals surface area contributed by atoms with Crippen LogP contribution in [0.2, 0.25) is 0 Å². The van der Waals surface area contributed by atoms with E-state index in [1.165, 1.54) is 11.1 Å². The molecule has 1 aromatic carbocycles. The highest BCUT2D eigenvalue weighted by Crippen LogP contribution is 2.33. The minimum absolute atomic E-state index is 0.121. The Morgan fingerprint density at radius 2 is 1.96 bits per heavy atom. The normalized spacial score (nSPS) is 18.8. The van der Waals surface area contributed by atoms with E-state index in [0.717, 1.165) is 55.3 Å². The van der Waals surface area contributed by atoms with E-state index >= 15 is 0 Å². The molecule has 3 heterocycles. The maximum atomic E-state index is 12.9. The lowest BCUT2D eigenvalue weighted by molar-refractivity contribution is -0.0522. The smallest absolute Gasteiger partial charge is 0.253 e. The molecular formula is C23H26N2O2S. The predicted octanol–water partition coefficient (Wildman–Crippen LogP) is 4.72. The minimum atomic E-state index is -0.147. The first kappa shape index (κ1) is 19.2. The summed E-state index contributed by atoms with van der Waals surface area (Å²) in [6, 6.07) is 13.9. The summed E-state index contributed by atoms with van der Waals surface area (Å²) in [6.45, 7) is 4.48. The Bertz CT molecular complexity index is 841. The molecule has 5 heteroatoms. The van der Waals surface area contributed by atoms with E-state index in [4.69, 9.17) is 4.74 Å². The Kier molecular flexibility index (Phi) is 5.83. The third kappa shape index (κ3) is 4.47. The van der Waals surface area contributed by atoms with Crippen molar-refractivity contribution in [3.8, 4) is 0 Å². The second-order valence-electron chi connectivity index (χ2n) is 7.60. The fourth-order valence-corrected chi connectivity index (χ4v) is 4.69. The summed E-state index contributed by atoms with van der Waals surface area (Å²) in [4.78, 5) is 19.2. The molecule has 146 valence electrons. The Hall–Kier alpha value is -2.11. The van der Waals surface area contributed by atoms with E-state index in [-0.39, 0.29) is 11.5 Å². The number of benzene rings is 1. The summed E-state index contributed by atoms with van der Waals surface area (Å²) in [6.07, 6.45) is 6.88. The first-order chi connectivity index (χ1) is 13.6. The standard InChI is InChI=1S/C23H26N2O2S/c1-18-9-15-27-23(16-18)10-13-25(14-11-23)22(26)20-7-5-19(6-8-20)17-28-21-4-2-3-12-24-21/h2-8,12,16H,9-11,13-15,17H2,1H3. The number of likely N-dealkylation sites (tertiary alicyclic amines) is 1. The maximum Gasteiger partial charge on any atom is 0.253 e. The average molecular weight is 395 g/mol. The van der Waals surface area contributed by atoms with E-state index in [9.17, 15) is 4.79 Å². The predicted molar refractivity (Wildman–Crippen MR) is 112 cm³/mol. The van der Waals surface area contributed by atoms with Gasteiger partial charge in [-0.1, -0.05) is 29.8 Å². The van der Waals surface area contributed by atoms with E-state index in [1.54, 1.807) is 11.8 Å². The average Bonchev–Trinajstić information content (AvgIpc) is 2.73. The van der Waals surface area contributed by atoms with E-state index in [2.05, 4.69) is 18.0 Å². The monoisotopic (exact) mass is 394 g/mol. The zero-order chi connectivity index (χ0) is 19.4. The number of hydrogen-bond donors (Lipinski definition) is 0. The van der Waals surface area contributed by atoms with Gasteiger partial charge in [0.2, 0.25) is 0 Å². The molecule has 1 saturated heterocycles. The molecule has 0 atom stereocenters. The van der Waals surface area contributed by atoms with Crippen molar-refractivity contribution >= 4 is 17.7 Å². The van der Waals surface area contributed by atoms with Crippen LogP contribution in [-0.2, 0) is 10.5 Å². The highest BCUT2D eigenvalue weighted by molar-refractivity contribution is 7.98. The number of piperidine rings is 1. The van der Waals surface area contributed by atoms with Crippen LogP contribution in [-0.4, -0.2) is 41.1 Å². The molecule has 0 radical (unpaired) electrons. The van der Waals surface area contributed by atoms with Crippen LogP contribution in [0.25, 0.3) is 0 Å². The molecule has 0 N–H and O–H groups in total. The number of carbonyl (C=O) groups excluding carboxylic acids is 1. The summed E-state index contributed by atoms with van der Waals surface area (Å²) in [5.74, 6) is 0.969. The number of rotatable bonds is 4. The molecule has 4 rings (SSSR count). The van der Waals surface area contributed by atoms with Gasteiger partial charge in [-0.05, 0) is 56.0 Å². The first-order valence-corrected chi connectivity index (χ1v) is 10.9. The topological polar surface area (TPSA) is 42.4 Å². The largest absolute Gasteiger partial charge is 0.370 e. The summed E-state index contributed by atoms with van der Waals surface area (Å²) in [7, 11) is 0. The molecular weight excluding hydrogens is 368 g/mol. The van der Waals surface area contributed by atoms with Crippen molar-refractivity contribution in [2.75, 3.05) is 19.7 Å². The third-order valence-electron chi connectivity index (χ3n) is 5.52. The van der Waals surface area contributed by atoms with Crippen LogP contribution in [0, 0.1) is 0 Å². The van der Waals surface area contributed by atoms with Crippen molar-refractivity contribution in [3.63, 3.8) is 0 Å². The van der Waals surface area contributed by atoms with Crippen LogP contribution >= 0.6 is 11.8 Å². The number of hydrogen-bond acceptors (Lipinski definition) is 4. The first-order valence-electron chi connectivity index (χ1n) is 9.88. The Morgan fingerprint density at radius 3 is 2.64 bits per heavy atom. The molecule has 0 bridgehead atoms. The SMILES string of the molecule is CC1=CC2(CCN(C(=O)c3ccc(CSc4ccccn4)cc3)CC2)OCC1. The molecule has 1 fully saturated rings. The van der Waals surface area contributed by atoms with Crippen molar-refractivity contribution in [1.29, 1.82) is 0 Å². The Morgan fingerprint density at radius 1 is 1.18 bits per heavy atom. The second kappa shape index (κ2) is 8.50. The molecule has 1 aromatic heterocycles. The van der Waals surface area contributed by atoms with Gasteiger partial charge in [-0.2, -0.15) is 0 Å². The lowest BCUT2D eigenvalue weighted by Crippen LogP contribution is -2.48. The molecule has 28 heavy (non-hydrogen) atoms. The van der Waals surface area contributed by atoms with Gasteiger partial charge < -0.3 is 9.64 Å². The highest BCUT2D eigenvalue weighted by atomic mass is 32.2. The zero-order valence-corrected chi connectivity index (χ0v) is 17.1. The van der Waals surface area contributed by atoms with Crippen LogP contribution in [0.1, 0.15) is 42.1 Å². The van der Waals surface area contributed by atoms with Crippen LogP contribution in [0.4, 0.5) is 0 Å². The molecule has 2 aromatic rings. The highest BCUT2D eigenvalue weighted by Gasteiger charge is 2.36. The quantitative estimate of drug-likeness (QED) is 0.556. The third-order valence-corrected chi connectivity index (χ3v) is 6.53. The Labute approximate surface area is 171 Å². The van der Waals surface area contributed by atoms with Gasteiger partial charge in [0.05, 0.1) is 17.2 Å². The minimum Gasteiger partial charge on any atom is -0.370 e. The number of pyridine rings is 1. The van der Waals surface area contributed by atoms with Crippen LogP contribution in [0.3, 0.4) is 0 Å². The van der Waals surface area contributed by atoms with Crippen LogP contribution in [0.15, 0.2) is 65.3 Å². The van der Waals surface area contributed by atoms with Crippen LogP contribution in [0.5, 0.6) is 0 Å². The zero-order valence-electron chi connectivity index (χ0n) is 16.3. The van der Waals surface area contributed by atoms with Gasteiger partial charge >= 0.3 is 0 Å². The summed E-state index contributed by atoms with van der Waals surface area (Å²) in [5, 5.41) is 1.01. The van der Waals surface area contributed by atoms with E-state index in [1.807, 2.05) is 53.6 Å². The van der Waals surface area contributed by atoms with Gasteiger partial charge in [0.25, 0.3) is 5.91 Å². The number of thioether (sulfide) groups is 1. The summed E-state index contributed by atoms with van der Waals surface area (Å²) in [5.41, 5.74) is 3.22. The fourth-order valence-electron chi connectivity index (χ4n) is 3.87. The number of amides is 1. The number of aromatic nitrogens is 1. The lowest BCUT2D eigenvalue weighted by atomic mass is 9.87. The van der Waals surface area contributed by atoms with E-state index in [0.29, 0.717) is 0 Å². The maximum absolute atomic E-state index is 12.9. The van der Waals surface area contributed by atoms with Crippen molar-refractivity contribution in [1.82, 2.24) is 9.88 Å². The van der Waals surface area contributed by atoms with Crippen molar-refractivity contribution in [2.45, 2.75) is 42.6 Å². The van der Waals surface area contributed by atoms with Crippen molar-refractivity contribution < 1.29 is 9.53 Å². The molecule has 2 aliphatic rings. The van der Waals surface area contributed by atoms with Gasteiger partial charge in [-0.3, -0.25) is 4.79 Å². The number of carbonyl (C=O) groups is 1. The molecule has 0 saturated carbocycles. The van der Waals surface area contributed by atoms with Gasteiger partial charge in [0.1, 0.15) is 0 Å². The molecule has 4 nitrogen and oxygen atoms in total. The van der Waals surface area contributed by atoms with Gasteiger partial charge in [0.15, 0.2) is 0 Å². The van der Waals surface area contributed by atoms with Crippen molar-refractivity contribution in [2.24, 2.45) is 0 Å². The fraction of sp³-hybridized carbons (Fsp3) is 0.391. The van der Waals surface area contributed by atoms with Gasteiger partial charge in [-0.25, -0.2) is 4.98 Å². The second-order valence-corrected chi connectivity index (χ2v) is 8.60. The van der Waals surface area contributed by atoms with Crippen LogP contribution < -0.4 is 0 Å². The van der Waals surface area contributed by atoms with E-state index < -0.39 is 0 Å². The molecule has 0 aliphatic carbocycles. The molecule has 1 amide bonds. The summed E-state index contributed by atoms with van der Waals surface area (Å²) >= 11 is 1.70. The van der Waals surface area contributed by atoms with Crippen molar-refractivity contribution in [3.05, 3.63) is 71.4 Å². The lowest BCUT2D eigenvalue weighted by Gasteiger charge is -2.42. The Balaban J connectivity index is 1.33. The van der Waals surface area contributed by atoms with Gasteiger partial charge in [-0.15, -0.1) is 11.8 Å². The van der Waals surface area contributed by atoms with Gasteiger partial charge in [0, 0.05) is 30.6 Å². The number of ether oxygens (including phenoxy) is 1. The molecule has 0 unspecified atom stereocenters. The molecule has 1 spiro atoms. The summed E-state index contributed by atoms with van der Waals surface area (Å²) < 4.78 is 6.07. The number of nitrogens with zero attached hydrogens (tertiary/aromatic N) is 2.